The zero-order valence-corrected chi connectivity index (χ0v) is 38.1. The van der Waals surface area contributed by atoms with Gasteiger partial charge < -0.3 is 9.38 Å². The second-order valence-corrected chi connectivity index (χ2v) is 21.3. The van der Waals surface area contributed by atoms with E-state index in [1.807, 2.05) is 0 Å². The van der Waals surface area contributed by atoms with Crippen LogP contribution in [0.1, 0.15) is 93.3 Å². The maximum absolute atomic E-state index is 2.81. The molecule has 0 amide bonds. The number of rotatable bonds is 2. The fourth-order valence-corrected chi connectivity index (χ4v) is 13.2. The molecule has 1 aromatic heterocycles. The van der Waals surface area contributed by atoms with E-state index < -0.39 is 0 Å². The van der Waals surface area contributed by atoms with E-state index in [1.165, 1.54) is 146 Å². The Hall–Kier alpha value is -6.32. The molecule has 3 heteroatoms. The maximum atomic E-state index is 2.81. The van der Waals surface area contributed by atoms with Crippen LogP contribution in [-0.2, 0) is 16.2 Å². The van der Waals surface area contributed by atoms with Crippen molar-refractivity contribution in [1.82, 2.24) is 4.57 Å². The van der Waals surface area contributed by atoms with Gasteiger partial charge in [0.1, 0.15) is 0 Å². The molecule has 3 heterocycles. The molecule has 0 unspecified atom stereocenters. The van der Waals surface area contributed by atoms with E-state index >= 15 is 0 Å². The molecule has 9 aromatic rings. The molecule has 2 aliphatic heterocycles. The van der Waals surface area contributed by atoms with Crippen LogP contribution in [0.15, 0.2) is 133 Å². The lowest BCUT2D eigenvalue weighted by Crippen LogP contribution is -2.61. The Morgan fingerprint density at radius 2 is 1.21 bits per heavy atom. The molecular formula is C60H53BN2. The van der Waals surface area contributed by atoms with Gasteiger partial charge in [0.05, 0.1) is 11.0 Å². The summed E-state index contributed by atoms with van der Waals surface area (Å²) in [7, 11) is 0. The van der Waals surface area contributed by atoms with Crippen molar-refractivity contribution in [2.24, 2.45) is 0 Å². The third-order valence-electron chi connectivity index (χ3n) is 16.4. The molecule has 0 spiro atoms. The minimum absolute atomic E-state index is 0.0531. The summed E-state index contributed by atoms with van der Waals surface area (Å²) >= 11 is 0. The lowest BCUT2D eigenvalue weighted by atomic mass is 9.43. The zero-order chi connectivity index (χ0) is 43.1. The predicted molar refractivity (Wildman–Crippen MR) is 270 cm³/mol. The van der Waals surface area contributed by atoms with E-state index in [0.717, 1.165) is 0 Å². The standard InChI is InChI=1S/C60H53BN2/c1-34-16-14-17-35(2)52(34)38-31-43-54-49(27-25-41-40-20-12-13-22-44(40)60(8,9)55(41)54)63(50-33-46-45(30-36(50)3)58(4,5)28-29-59(46,6)7)61-47-23-15-21-42-53-39-19-11-10-18-37(39)24-26-48(53)62(57(42)47)51(32-38)56(43)61/h10-27,30-33H,28-29H2,1-9H3. The van der Waals surface area contributed by atoms with Gasteiger partial charge in [-0.25, -0.2) is 0 Å². The van der Waals surface area contributed by atoms with Gasteiger partial charge in [0, 0.05) is 38.8 Å². The molecular weight excluding hydrogens is 759 g/mol. The lowest BCUT2D eigenvalue weighted by Gasteiger charge is -2.46. The fourth-order valence-electron chi connectivity index (χ4n) is 13.2. The van der Waals surface area contributed by atoms with Crippen LogP contribution in [0.5, 0.6) is 0 Å². The molecule has 0 bridgehead atoms. The van der Waals surface area contributed by atoms with Crippen molar-refractivity contribution in [3.63, 3.8) is 0 Å². The van der Waals surface area contributed by atoms with Crippen molar-refractivity contribution in [2.45, 2.75) is 91.4 Å². The van der Waals surface area contributed by atoms with Crippen LogP contribution < -0.4 is 15.7 Å². The highest BCUT2D eigenvalue weighted by Gasteiger charge is 2.49. The van der Waals surface area contributed by atoms with Gasteiger partial charge >= 0.3 is 6.85 Å². The van der Waals surface area contributed by atoms with Crippen molar-refractivity contribution in [2.75, 3.05) is 4.81 Å². The van der Waals surface area contributed by atoms with E-state index in [4.69, 9.17) is 0 Å². The van der Waals surface area contributed by atoms with E-state index in [9.17, 15) is 0 Å². The van der Waals surface area contributed by atoms with Crippen molar-refractivity contribution in [3.8, 4) is 39.1 Å². The Labute approximate surface area is 372 Å². The second-order valence-electron chi connectivity index (χ2n) is 21.3. The number of hydrogen-bond donors (Lipinski definition) is 0. The van der Waals surface area contributed by atoms with Crippen LogP contribution in [0.25, 0.3) is 71.6 Å². The Morgan fingerprint density at radius 3 is 2.00 bits per heavy atom. The number of para-hydroxylation sites is 1. The summed E-state index contributed by atoms with van der Waals surface area (Å²) in [6, 6.07) is 52.1. The molecule has 0 radical (unpaired) electrons. The first kappa shape index (κ1) is 37.3. The SMILES string of the molecule is Cc1cc2c(cc1N1B3c4c(cc(-c5c(C)cccc5C)cc4-n4c5ccc6ccccc6c5c5cccc3c54)-c3c1ccc1c3C(C)(C)c3ccccc3-1)C(C)(C)CCC2(C)C. The number of fused-ring (bicyclic) bond motifs is 14. The molecule has 0 saturated heterocycles. The van der Waals surface area contributed by atoms with Gasteiger partial charge in [-0.2, -0.15) is 0 Å². The average Bonchev–Trinajstić information content (AvgIpc) is 3.73. The molecule has 0 saturated carbocycles. The maximum Gasteiger partial charge on any atom is 0.333 e. The molecule has 2 aliphatic carbocycles. The van der Waals surface area contributed by atoms with Crippen molar-refractivity contribution >= 4 is 61.7 Å². The predicted octanol–water partition coefficient (Wildman–Crippen LogP) is 14.4. The number of hydrogen-bond acceptors (Lipinski definition) is 1. The van der Waals surface area contributed by atoms with Gasteiger partial charge in [-0.1, -0.05) is 145 Å². The largest absolute Gasteiger partial charge is 0.376 e. The third-order valence-corrected chi connectivity index (χ3v) is 16.4. The van der Waals surface area contributed by atoms with Crippen LogP contribution in [-0.4, -0.2) is 11.4 Å². The Morgan fingerprint density at radius 1 is 0.508 bits per heavy atom. The van der Waals surface area contributed by atoms with Crippen molar-refractivity contribution in [1.29, 1.82) is 0 Å². The highest BCUT2D eigenvalue weighted by molar-refractivity contribution is 6.93. The minimum Gasteiger partial charge on any atom is -0.376 e. The second kappa shape index (κ2) is 12.2. The summed E-state index contributed by atoms with van der Waals surface area (Å²) in [5.74, 6) is 0. The van der Waals surface area contributed by atoms with Crippen LogP contribution in [0.4, 0.5) is 11.4 Å². The molecule has 0 fully saturated rings. The Bertz CT molecular complexity index is 3520. The van der Waals surface area contributed by atoms with Crippen LogP contribution in [0.2, 0.25) is 0 Å². The zero-order valence-electron chi connectivity index (χ0n) is 38.1. The molecule has 8 aromatic carbocycles. The van der Waals surface area contributed by atoms with Gasteiger partial charge in [-0.3, -0.25) is 0 Å². The summed E-state index contributed by atoms with van der Waals surface area (Å²) in [6.07, 6.45) is 2.38. The highest BCUT2D eigenvalue weighted by atomic mass is 15.1. The molecule has 0 N–H and O–H groups in total. The van der Waals surface area contributed by atoms with Gasteiger partial charge in [-0.05, 0) is 163 Å². The van der Waals surface area contributed by atoms with Crippen LogP contribution in [0, 0.1) is 20.8 Å². The van der Waals surface area contributed by atoms with Crippen LogP contribution >= 0.6 is 0 Å². The van der Waals surface area contributed by atoms with Gasteiger partial charge in [-0.15, -0.1) is 0 Å². The smallest absolute Gasteiger partial charge is 0.333 e. The van der Waals surface area contributed by atoms with Crippen LogP contribution in [0.3, 0.4) is 0 Å². The van der Waals surface area contributed by atoms with E-state index in [2.05, 4.69) is 205 Å². The summed E-state index contributed by atoms with van der Waals surface area (Å²) in [6.45, 7) is 21.7. The first-order chi connectivity index (χ1) is 30.3. The fraction of sp³-hybridized carbons (Fsp3) is 0.233. The first-order valence-corrected chi connectivity index (χ1v) is 23.2. The highest BCUT2D eigenvalue weighted by Crippen LogP contribution is 2.58. The van der Waals surface area contributed by atoms with Crippen molar-refractivity contribution in [3.05, 3.63) is 172 Å². The number of aryl methyl sites for hydroxylation is 3. The van der Waals surface area contributed by atoms with Crippen molar-refractivity contribution < 1.29 is 0 Å². The summed E-state index contributed by atoms with van der Waals surface area (Å²) < 4.78 is 2.66. The van der Waals surface area contributed by atoms with Gasteiger partial charge in [0.2, 0.25) is 0 Å². The minimum atomic E-state index is -0.215. The molecule has 63 heavy (non-hydrogen) atoms. The van der Waals surface area contributed by atoms with E-state index in [1.54, 1.807) is 0 Å². The summed E-state index contributed by atoms with van der Waals surface area (Å²) in [5.41, 5.74) is 27.2. The quantitative estimate of drug-likeness (QED) is 0.158. The lowest BCUT2D eigenvalue weighted by molar-refractivity contribution is 0.332. The Balaban J connectivity index is 1.24. The summed E-state index contributed by atoms with van der Waals surface area (Å²) in [4.78, 5) is 2.81. The topological polar surface area (TPSA) is 8.17 Å². The number of anilines is 2. The number of benzene rings is 8. The normalized spacial score (nSPS) is 16.8. The number of nitrogens with zero attached hydrogens (tertiary/aromatic N) is 2. The van der Waals surface area contributed by atoms with E-state index in [0.29, 0.717) is 0 Å². The summed E-state index contributed by atoms with van der Waals surface area (Å²) in [5, 5.41) is 5.25. The monoisotopic (exact) mass is 812 g/mol. The molecule has 13 rings (SSSR count). The Kier molecular flexibility index (Phi) is 7.23. The van der Waals surface area contributed by atoms with Gasteiger partial charge in [0.15, 0.2) is 0 Å². The molecule has 4 aliphatic rings. The third kappa shape index (κ3) is 4.71. The molecule has 306 valence electrons. The average molecular weight is 813 g/mol. The van der Waals surface area contributed by atoms with Gasteiger partial charge in [0.25, 0.3) is 0 Å². The van der Waals surface area contributed by atoms with E-state index in [-0.39, 0.29) is 23.1 Å². The molecule has 2 nitrogen and oxygen atoms in total. The number of aromatic nitrogens is 1. The molecule has 0 atom stereocenters. The first-order valence-electron chi connectivity index (χ1n) is 23.2.